The van der Waals surface area contributed by atoms with E-state index in [0.29, 0.717) is 6.42 Å². The molecule has 25 heavy (non-hydrogen) atoms. The van der Waals surface area contributed by atoms with Gasteiger partial charge in [-0.2, -0.15) is 0 Å². The summed E-state index contributed by atoms with van der Waals surface area (Å²) in [6, 6.07) is 10.0. The molecule has 0 saturated heterocycles. The first-order chi connectivity index (χ1) is 11.5. The lowest BCUT2D eigenvalue weighted by Gasteiger charge is -2.25. The highest BCUT2D eigenvalue weighted by Gasteiger charge is 2.31. The van der Waals surface area contributed by atoms with Crippen molar-refractivity contribution in [1.82, 2.24) is 4.90 Å². The van der Waals surface area contributed by atoms with E-state index in [0.717, 1.165) is 36.3 Å². The Morgan fingerprint density at radius 3 is 2.40 bits per heavy atom. The van der Waals surface area contributed by atoms with Gasteiger partial charge >= 0.3 is 0 Å². The fourth-order valence-corrected chi connectivity index (χ4v) is 3.97. The smallest absolute Gasteiger partial charge is 0.178 e. The average molecular weight is 401 g/mol. The predicted octanol–water partition coefficient (Wildman–Crippen LogP) is 5.00. The number of hydrogen-bond donors (Lipinski definition) is 2. The summed E-state index contributed by atoms with van der Waals surface area (Å²) in [5.41, 5.74) is 2.70. The molecule has 2 aromatic rings. The molecule has 2 aromatic carbocycles. The van der Waals surface area contributed by atoms with E-state index in [1.165, 1.54) is 0 Å². The minimum Gasteiger partial charge on any atom is -0.503 e. The zero-order valence-electron chi connectivity index (χ0n) is 13.6. The fourth-order valence-electron chi connectivity index (χ4n) is 3.35. The fraction of sp³-hybridized carbons (Fsp3) is 0.263. The first-order valence-corrected chi connectivity index (χ1v) is 8.60. The summed E-state index contributed by atoms with van der Waals surface area (Å²) in [5, 5.41) is 20.6. The molecule has 6 heteroatoms. The van der Waals surface area contributed by atoms with Crippen molar-refractivity contribution in [3.8, 4) is 11.5 Å². The Bertz CT molecular complexity index is 765. The molecule has 134 valence electrons. The number of rotatable bonds is 3. The highest BCUT2D eigenvalue weighted by atomic mass is 35.5. The second-order valence-corrected chi connectivity index (χ2v) is 6.73. The maximum Gasteiger partial charge on any atom is 0.178 e. The van der Waals surface area contributed by atoms with Crippen LogP contribution in [-0.4, -0.2) is 34.7 Å². The zero-order valence-corrected chi connectivity index (χ0v) is 15.9. The van der Waals surface area contributed by atoms with Crippen molar-refractivity contribution in [3.63, 3.8) is 0 Å². The standard InChI is InChI=1S/C19H19Cl2NO2.ClH/c1-2-9-22-10-8-13-15(17(21)19(24)18(23)16(13)20)14(11-22)12-6-4-3-5-7-12;/h2-7,14,23-24H,1,8-11H2;1H. The molecule has 1 aliphatic rings. The van der Waals surface area contributed by atoms with E-state index in [2.05, 4.69) is 11.5 Å². The van der Waals surface area contributed by atoms with Gasteiger partial charge in [0.15, 0.2) is 11.5 Å². The van der Waals surface area contributed by atoms with Crippen LogP contribution in [0.15, 0.2) is 43.0 Å². The molecule has 1 heterocycles. The summed E-state index contributed by atoms with van der Waals surface area (Å²) < 4.78 is 0. The van der Waals surface area contributed by atoms with Crippen molar-refractivity contribution >= 4 is 35.6 Å². The van der Waals surface area contributed by atoms with Crippen LogP contribution in [0.5, 0.6) is 11.5 Å². The second-order valence-electron chi connectivity index (χ2n) is 5.98. The quantitative estimate of drug-likeness (QED) is 0.563. The van der Waals surface area contributed by atoms with Crippen LogP contribution in [0.4, 0.5) is 0 Å². The number of benzene rings is 2. The summed E-state index contributed by atoms with van der Waals surface area (Å²) in [4.78, 5) is 2.27. The molecule has 0 spiro atoms. The summed E-state index contributed by atoms with van der Waals surface area (Å²) in [7, 11) is 0. The maximum atomic E-state index is 10.2. The lowest BCUT2D eigenvalue weighted by Crippen LogP contribution is -2.29. The summed E-state index contributed by atoms with van der Waals surface area (Å²) in [6.45, 7) is 6.10. The van der Waals surface area contributed by atoms with Crippen molar-refractivity contribution < 1.29 is 10.2 Å². The van der Waals surface area contributed by atoms with Gasteiger partial charge in [-0.05, 0) is 23.1 Å². The van der Waals surface area contributed by atoms with Crippen LogP contribution >= 0.6 is 35.6 Å². The molecular weight excluding hydrogens is 381 g/mol. The summed E-state index contributed by atoms with van der Waals surface area (Å²) >= 11 is 12.8. The highest BCUT2D eigenvalue weighted by Crippen LogP contribution is 2.49. The summed E-state index contributed by atoms with van der Waals surface area (Å²) in [6.07, 6.45) is 2.52. The van der Waals surface area contributed by atoms with Crippen molar-refractivity contribution in [1.29, 1.82) is 0 Å². The van der Waals surface area contributed by atoms with E-state index in [9.17, 15) is 10.2 Å². The van der Waals surface area contributed by atoms with E-state index in [-0.39, 0.29) is 39.9 Å². The third kappa shape index (κ3) is 3.75. The Morgan fingerprint density at radius 1 is 1.12 bits per heavy atom. The molecule has 1 unspecified atom stereocenters. The number of hydrogen-bond acceptors (Lipinski definition) is 3. The third-order valence-corrected chi connectivity index (χ3v) is 5.31. The van der Waals surface area contributed by atoms with Gasteiger partial charge in [0.25, 0.3) is 0 Å². The number of nitrogens with zero attached hydrogens (tertiary/aromatic N) is 1. The Hall–Kier alpha value is -1.39. The van der Waals surface area contributed by atoms with Gasteiger partial charge in [0.2, 0.25) is 0 Å². The van der Waals surface area contributed by atoms with Gasteiger partial charge in [0, 0.05) is 25.6 Å². The van der Waals surface area contributed by atoms with Gasteiger partial charge in [0.1, 0.15) is 0 Å². The summed E-state index contributed by atoms with van der Waals surface area (Å²) in [5.74, 6) is -0.733. The van der Waals surface area contributed by atoms with Gasteiger partial charge < -0.3 is 10.2 Å². The monoisotopic (exact) mass is 399 g/mol. The molecule has 0 saturated carbocycles. The first-order valence-electron chi connectivity index (χ1n) is 7.84. The van der Waals surface area contributed by atoms with Crippen LogP contribution in [0.1, 0.15) is 22.6 Å². The molecule has 1 aliphatic heterocycles. The molecule has 0 bridgehead atoms. The minimum atomic E-state index is -0.349. The molecule has 0 amide bonds. The van der Waals surface area contributed by atoms with Crippen LogP contribution in [0.3, 0.4) is 0 Å². The molecule has 3 rings (SSSR count). The molecule has 2 N–H and O–H groups in total. The number of aromatic hydroxyl groups is 2. The third-order valence-electron chi connectivity index (χ3n) is 4.52. The van der Waals surface area contributed by atoms with Crippen LogP contribution in [0.25, 0.3) is 0 Å². The van der Waals surface area contributed by atoms with Crippen molar-refractivity contribution in [2.24, 2.45) is 0 Å². The Kier molecular flexibility index (Phi) is 6.64. The normalized spacial score (nSPS) is 17.3. The van der Waals surface area contributed by atoms with Crippen molar-refractivity contribution in [3.05, 3.63) is 69.7 Å². The molecular formula is C19H20Cl3NO2. The Morgan fingerprint density at radius 2 is 1.76 bits per heavy atom. The van der Waals surface area contributed by atoms with E-state index in [1.54, 1.807) is 0 Å². The molecule has 1 atom stereocenters. The van der Waals surface area contributed by atoms with Crippen molar-refractivity contribution in [2.45, 2.75) is 12.3 Å². The number of phenolic OH excluding ortho intramolecular Hbond substituents is 2. The molecule has 0 fully saturated rings. The highest BCUT2D eigenvalue weighted by molar-refractivity contribution is 6.37. The Labute approximate surface area is 163 Å². The average Bonchev–Trinajstić information content (AvgIpc) is 2.79. The van der Waals surface area contributed by atoms with Gasteiger partial charge in [-0.3, -0.25) is 4.90 Å². The van der Waals surface area contributed by atoms with Gasteiger partial charge in [-0.25, -0.2) is 0 Å². The number of halogens is 3. The van der Waals surface area contributed by atoms with Crippen molar-refractivity contribution in [2.75, 3.05) is 19.6 Å². The number of fused-ring (bicyclic) bond motifs is 1. The topological polar surface area (TPSA) is 43.7 Å². The predicted molar refractivity (Wildman–Crippen MR) is 106 cm³/mol. The van der Waals surface area contributed by atoms with E-state index >= 15 is 0 Å². The SMILES string of the molecule is C=CCN1CCc2c(Cl)c(O)c(O)c(Cl)c2C(c2ccccc2)C1.Cl. The maximum absolute atomic E-state index is 10.2. The lowest BCUT2D eigenvalue weighted by molar-refractivity contribution is 0.306. The van der Waals surface area contributed by atoms with E-state index in [1.807, 2.05) is 36.4 Å². The zero-order chi connectivity index (χ0) is 17.3. The second kappa shape index (κ2) is 8.33. The van der Waals surface area contributed by atoms with E-state index < -0.39 is 0 Å². The van der Waals surface area contributed by atoms with Crippen LogP contribution in [0, 0.1) is 0 Å². The van der Waals surface area contributed by atoms with Crippen LogP contribution in [0.2, 0.25) is 10.0 Å². The van der Waals surface area contributed by atoms with Gasteiger partial charge in [-0.15, -0.1) is 19.0 Å². The van der Waals surface area contributed by atoms with Crippen LogP contribution in [-0.2, 0) is 6.42 Å². The first kappa shape index (κ1) is 19.9. The lowest BCUT2D eigenvalue weighted by atomic mass is 9.87. The molecule has 0 aliphatic carbocycles. The largest absolute Gasteiger partial charge is 0.503 e. The molecule has 0 aromatic heterocycles. The number of phenols is 2. The van der Waals surface area contributed by atoms with Crippen LogP contribution < -0.4 is 0 Å². The molecule has 3 nitrogen and oxygen atoms in total. The minimum absolute atomic E-state index is 0. The molecule has 0 radical (unpaired) electrons. The van der Waals surface area contributed by atoms with E-state index in [4.69, 9.17) is 23.2 Å². The van der Waals surface area contributed by atoms with Gasteiger partial charge in [0.05, 0.1) is 10.0 Å². The van der Waals surface area contributed by atoms with Gasteiger partial charge in [-0.1, -0.05) is 59.6 Å². The Balaban J connectivity index is 0.00000225.